The van der Waals surface area contributed by atoms with Crippen molar-refractivity contribution in [2.75, 3.05) is 39.5 Å². The van der Waals surface area contributed by atoms with E-state index in [2.05, 4.69) is 35.6 Å². The fourth-order valence-corrected chi connectivity index (χ4v) is 7.20. The number of imidazole rings is 1. The average Bonchev–Trinajstić information content (AvgIpc) is 3.69. The van der Waals surface area contributed by atoms with E-state index in [1.165, 1.54) is 193 Å². The third-order valence-electron chi connectivity index (χ3n) is 10.8. The molecule has 0 saturated carbocycles. The van der Waals surface area contributed by atoms with E-state index >= 15 is 0 Å². The molecule has 8 nitrogen and oxygen atoms in total. The summed E-state index contributed by atoms with van der Waals surface area (Å²) < 4.78 is 17.5. The molecule has 1 aromatic heterocycles. The number of esters is 1. The minimum atomic E-state index is -0.725. The molecule has 0 radical (unpaired) electrons. The van der Waals surface area contributed by atoms with E-state index in [0.717, 1.165) is 12.2 Å². The van der Waals surface area contributed by atoms with E-state index in [1.54, 1.807) is 12.5 Å². The molecule has 1 heterocycles. The number of nitrogens with zero attached hydrogens (tertiary/aromatic N) is 2. The number of hydrogen-bond acceptors (Lipinski definition) is 7. The van der Waals surface area contributed by atoms with Crippen molar-refractivity contribution in [2.24, 2.45) is 5.73 Å². The first kappa shape index (κ1) is 50.5. The summed E-state index contributed by atoms with van der Waals surface area (Å²) >= 11 is 0. The second kappa shape index (κ2) is 38.4. The Morgan fingerprint density at radius 3 is 1.43 bits per heavy atom. The summed E-state index contributed by atoms with van der Waals surface area (Å²) in [5.41, 5.74) is 6.80. The largest absolute Gasteiger partial charge is 0.462 e. The highest BCUT2D eigenvalue weighted by molar-refractivity contribution is 5.75. The van der Waals surface area contributed by atoms with E-state index in [4.69, 9.17) is 19.9 Å². The fraction of sp³-hybridized carbons (Fsp3) is 0.913. The van der Waals surface area contributed by atoms with Crippen molar-refractivity contribution in [3.8, 4) is 0 Å². The van der Waals surface area contributed by atoms with E-state index in [0.29, 0.717) is 19.6 Å². The Hall–Kier alpha value is -1.48. The van der Waals surface area contributed by atoms with E-state index in [1.807, 2.05) is 6.92 Å². The molecule has 3 atom stereocenters. The third-order valence-corrected chi connectivity index (χ3v) is 10.8. The predicted molar refractivity (Wildman–Crippen MR) is 229 cm³/mol. The summed E-state index contributed by atoms with van der Waals surface area (Å²) in [5, 5.41) is 0. The van der Waals surface area contributed by atoms with Crippen LogP contribution in [0.25, 0.3) is 0 Å². The summed E-state index contributed by atoms with van der Waals surface area (Å²) in [5.74, 6) is -0.429. The highest BCUT2D eigenvalue weighted by Crippen LogP contribution is 2.15. The molecule has 3 unspecified atom stereocenters. The molecule has 0 aromatic carbocycles. The SMILES string of the molecule is CCCCCCCCCCCCCCCCN(CCCCCCCCCCCCCCCC)CCOC(C)COC(C)COC(=O)C(N)Cc1cnc[nH]1. The van der Waals surface area contributed by atoms with Crippen molar-refractivity contribution in [1.82, 2.24) is 14.9 Å². The molecule has 0 aliphatic carbocycles. The summed E-state index contributed by atoms with van der Waals surface area (Å²) in [7, 11) is 0. The minimum Gasteiger partial charge on any atom is -0.462 e. The van der Waals surface area contributed by atoms with Crippen LogP contribution < -0.4 is 5.73 Å². The molecular formula is C46H90N4O4. The monoisotopic (exact) mass is 763 g/mol. The molecule has 54 heavy (non-hydrogen) atoms. The van der Waals surface area contributed by atoms with Gasteiger partial charge in [0.15, 0.2) is 0 Å². The lowest BCUT2D eigenvalue weighted by molar-refractivity contribution is -0.150. The summed E-state index contributed by atoms with van der Waals surface area (Å²) in [6, 6.07) is -0.725. The molecule has 8 heteroatoms. The van der Waals surface area contributed by atoms with Crippen molar-refractivity contribution < 1.29 is 19.0 Å². The number of hydrogen-bond donors (Lipinski definition) is 2. The van der Waals surface area contributed by atoms with E-state index in [9.17, 15) is 4.79 Å². The lowest BCUT2D eigenvalue weighted by atomic mass is 10.0. The number of ether oxygens (including phenoxy) is 3. The zero-order chi connectivity index (χ0) is 39.2. The van der Waals surface area contributed by atoms with Crippen LogP contribution in [0.4, 0.5) is 0 Å². The van der Waals surface area contributed by atoms with Gasteiger partial charge in [-0.2, -0.15) is 0 Å². The fourth-order valence-electron chi connectivity index (χ4n) is 7.20. The number of carbonyl (C=O) groups excluding carboxylic acids is 1. The Bertz CT molecular complexity index is 869. The van der Waals surface area contributed by atoms with E-state index in [-0.39, 0.29) is 18.8 Å². The number of H-pyrrole nitrogens is 1. The Balaban J connectivity index is 2.23. The molecule has 0 bridgehead atoms. The van der Waals surface area contributed by atoms with Crippen LogP contribution in [0.1, 0.15) is 213 Å². The van der Waals surface area contributed by atoms with Gasteiger partial charge in [0.2, 0.25) is 0 Å². The van der Waals surface area contributed by atoms with Crippen molar-refractivity contribution in [1.29, 1.82) is 0 Å². The smallest absolute Gasteiger partial charge is 0.323 e. The topological polar surface area (TPSA) is 103 Å². The van der Waals surface area contributed by atoms with Crippen LogP contribution in [0.5, 0.6) is 0 Å². The number of unbranched alkanes of at least 4 members (excludes halogenated alkanes) is 26. The Morgan fingerprint density at radius 2 is 1.02 bits per heavy atom. The van der Waals surface area contributed by atoms with Gasteiger partial charge in [-0.05, 0) is 39.8 Å². The van der Waals surface area contributed by atoms with Crippen molar-refractivity contribution in [3.63, 3.8) is 0 Å². The van der Waals surface area contributed by atoms with Crippen molar-refractivity contribution >= 4 is 5.97 Å². The molecule has 3 N–H and O–H groups in total. The number of nitrogens with one attached hydrogen (secondary N) is 1. The predicted octanol–water partition coefficient (Wildman–Crippen LogP) is 11.9. The lowest BCUT2D eigenvalue weighted by Gasteiger charge is -2.24. The maximum Gasteiger partial charge on any atom is 0.323 e. The summed E-state index contributed by atoms with van der Waals surface area (Å²) in [6.07, 6.45) is 42.6. The van der Waals surface area contributed by atoms with Crippen LogP contribution >= 0.6 is 0 Å². The van der Waals surface area contributed by atoms with Crippen LogP contribution in [-0.2, 0) is 25.4 Å². The standard InChI is InChI=1S/C46H90N4O4/c1-5-7-9-11-13-15-17-19-21-23-25-27-29-31-33-50(34-32-30-28-26-24-22-20-18-16-14-12-10-8-6-2)35-36-52-42(3)39-53-43(4)40-54-46(51)45(47)37-44-38-48-41-49-44/h38,41-43,45H,5-37,39-40,47H2,1-4H3,(H,48,49). The van der Waals surface area contributed by atoms with Crippen molar-refractivity contribution in [2.45, 2.75) is 232 Å². The minimum absolute atomic E-state index is 0.0187. The second-order valence-corrected chi connectivity index (χ2v) is 16.4. The maximum absolute atomic E-state index is 12.3. The normalized spacial score (nSPS) is 13.4. The molecule has 1 aromatic rings. The summed E-state index contributed by atoms with van der Waals surface area (Å²) in [4.78, 5) is 21.9. The first-order valence-electron chi connectivity index (χ1n) is 23.3. The average molecular weight is 763 g/mol. The number of aromatic nitrogens is 2. The Kier molecular flexibility index (Phi) is 35.9. The number of carbonyl (C=O) groups is 1. The quantitative estimate of drug-likeness (QED) is 0.0505. The molecular weight excluding hydrogens is 673 g/mol. The van der Waals surface area contributed by atoms with Gasteiger partial charge in [-0.1, -0.05) is 181 Å². The molecule has 318 valence electrons. The van der Waals surface area contributed by atoms with E-state index < -0.39 is 12.0 Å². The molecule has 0 spiro atoms. The zero-order valence-corrected chi connectivity index (χ0v) is 36.2. The Labute approximate surface area is 334 Å². The molecule has 0 amide bonds. The lowest BCUT2D eigenvalue weighted by Crippen LogP contribution is -2.36. The molecule has 0 fully saturated rings. The Morgan fingerprint density at radius 1 is 0.611 bits per heavy atom. The molecule has 1 rings (SSSR count). The van der Waals surface area contributed by atoms with Gasteiger partial charge in [-0.25, -0.2) is 4.98 Å². The van der Waals surface area contributed by atoms with Crippen LogP contribution in [-0.4, -0.2) is 78.5 Å². The molecule has 0 saturated heterocycles. The number of rotatable bonds is 42. The first-order chi connectivity index (χ1) is 26.5. The van der Waals surface area contributed by atoms with Gasteiger partial charge in [-0.15, -0.1) is 0 Å². The first-order valence-corrected chi connectivity index (χ1v) is 23.3. The van der Waals surface area contributed by atoms with Crippen LogP contribution in [0.2, 0.25) is 0 Å². The zero-order valence-electron chi connectivity index (χ0n) is 36.2. The van der Waals surface area contributed by atoms with Crippen molar-refractivity contribution in [3.05, 3.63) is 18.2 Å². The highest BCUT2D eigenvalue weighted by atomic mass is 16.6. The van der Waals surface area contributed by atoms with Gasteiger partial charge in [0.05, 0.1) is 31.7 Å². The van der Waals surface area contributed by atoms with Gasteiger partial charge in [0, 0.05) is 24.9 Å². The maximum atomic E-state index is 12.3. The van der Waals surface area contributed by atoms with Gasteiger partial charge in [-0.3, -0.25) is 4.79 Å². The van der Waals surface area contributed by atoms with Gasteiger partial charge < -0.3 is 29.8 Å². The van der Waals surface area contributed by atoms with Gasteiger partial charge in [0.1, 0.15) is 12.6 Å². The van der Waals surface area contributed by atoms with Crippen LogP contribution in [0.3, 0.4) is 0 Å². The number of aromatic amines is 1. The molecule has 0 aliphatic heterocycles. The van der Waals surface area contributed by atoms with Gasteiger partial charge >= 0.3 is 5.97 Å². The molecule has 0 aliphatic rings. The third kappa shape index (κ3) is 32.7. The second-order valence-electron chi connectivity index (χ2n) is 16.4. The van der Waals surface area contributed by atoms with Gasteiger partial charge in [0.25, 0.3) is 0 Å². The number of nitrogens with two attached hydrogens (primary N) is 1. The highest BCUT2D eigenvalue weighted by Gasteiger charge is 2.18. The summed E-state index contributed by atoms with van der Waals surface area (Å²) in [6.45, 7) is 13.3. The van der Waals surface area contributed by atoms with Crippen LogP contribution in [0.15, 0.2) is 12.5 Å². The van der Waals surface area contributed by atoms with Crippen LogP contribution in [0, 0.1) is 0 Å².